The van der Waals surface area contributed by atoms with E-state index < -0.39 is 6.04 Å². The quantitative estimate of drug-likeness (QED) is 0.378. The van der Waals surface area contributed by atoms with Crippen molar-refractivity contribution in [2.45, 2.75) is 25.3 Å². The van der Waals surface area contributed by atoms with Gasteiger partial charge in [0, 0.05) is 0 Å². The molecule has 0 bridgehead atoms. The zero-order chi connectivity index (χ0) is 8.97. The Bertz CT molecular complexity index is 219. The van der Waals surface area contributed by atoms with E-state index in [9.17, 15) is 4.79 Å². The fraction of sp³-hybridized carbons (Fsp3) is 0.750. The molecule has 0 heterocycles. The Morgan fingerprint density at radius 2 is 2.50 bits per heavy atom. The second-order valence-corrected chi connectivity index (χ2v) is 3.12. The van der Waals surface area contributed by atoms with Crippen LogP contribution in [0.3, 0.4) is 0 Å². The van der Waals surface area contributed by atoms with Crippen LogP contribution in [0.25, 0.3) is 0 Å². The molecule has 1 fully saturated rings. The van der Waals surface area contributed by atoms with Crippen molar-refractivity contribution >= 4 is 23.3 Å². The van der Waals surface area contributed by atoms with Crippen LogP contribution in [-0.2, 0) is 9.53 Å². The van der Waals surface area contributed by atoms with E-state index in [0.29, 0.717) is 5.92 Å². The van der Waals surface area contributed by atoms with Crippen LogP contribution >= 0.6 is 12.2 Å². The molecule has 1 atom stereocenters. The predicted molar refractivity (Wildman–Crippen MR) is 48.2 cm³/mol. The third kappa shape index (κ3) is 2.72. The number of nitrogens with zero attached hydrogens (tertiary/aromatic N) is 1. The minimum atomic E-state index is -0.417. The third-order valence-corrected chi connectivity index (χ3v) is 2.04. The summed E-state index contributed by atoms with van der Waals surface area (Å²) >= 11 is 4.44. The molecule has 1 aliphatic carbocycles. The number of hydrogen-bond acceptors (Lipinski definition) is 4. The second kappa shape index (κ2) is 4.33. The maximum absolute atomic E-state index is 11.1. The maximum atomic E-state index is 11.1. The van der Waals surface area contributed by atoms with E-state index in [1.165, 1.54) is 20.0 Å². The molecule has 0 aliphatic heterocycles. The first-order valence-corrected chi connectivity index (χ1v) is 4.33. The van der Waals surface area contributed by atoms with Gasteiger partial charge in [-0.15, -0.1) is 0 Å². The van der Waals surface area contributed by atoms with Gasteiger partial charge >= 0.3 is 5.97 Å². The summed E-state index contributed by atoms with van der Waals surface area (Å²) in [4.78, 5) is 14.8. The summed E-state index contributed by atoms with van der Waals surface area (Å²) in [5.74, 6) is 0.334. The Kier molecular flexibility index (Phi) is 3.38. The molecule has 1 aliphatic rings. The van der Waals surface area contributed by atoms with Crippen molar-refractivity contribution in [3.8, 4) is 0 Å². The summed E-state index contributed by atoms with van der Waals surface area (Å²) in [7, 11) is 1.36. The van der Waals surface area contributed by atoms with Gasteiger partial charge in [-0.1, -0.05) is 12.8 Å². The first-order valence-electron chi connectivity index (χ1n) is 3.92. The van der Waals surface area contributed by atoms with Crippen LogP contribution in [-0.4, -0.2) is 24.3 Å². The van der Waals surface area contributed by atoms with Crippen LogP contribution in [0.1, 0.15) is 19.3 Å². The smallest absolute Gasteiger partial charge is 0.331 e. The van der Waals surface area contributed by atoms with Crippen molar-refractivity contribution in [3.05, 3.63) is 0 Å². The molecule has 3 nitrogen and oxygen atoms in total. The molecule has 0 N–H and O–H groups in total. The summed E-state index contributed by atoms with van der Waals surface area (Å²) < 4.78 is 4.57. The van der Waals surface area contributed by atoms with E-state index in [1.807, 2.05) is 0 Å². The number of esters is 1. The van der Waals surface area contributed by atoms with E-state index in [1.54, 1.807) is 0 Å². The molecule has 1 rings (SSSR count). The van der Waals surface area contributed by atoms with Gasteiger partial charge in [-0.2, -0.15) is 0 Å². The minimum Gasteiger partial charge on any atom is -0.467 e. The van der Waals surface area contributed by atoms with Crippen molar-refractivity contribution in [1.82, 2.24) is 0 Å². The largest absolute Gasteiger partial charge is 0.467 e. The Morgan fingerprint density at radius 1 is 1.83 bits per heavy atom. The van der Waals surface area contributed by atoms with Crippen molar-refractivity contribution in [1.29, 1.82) is 0 Å². The fourth-order valence-electron chi connectivity index (χ4n) is 1.07. The van der Waals surface area contributed by atoms with Gasteiger partial charge < -0.3 is 4.74 Å². The zero-order valence-electron chi connectivity index (χ0n) is 6.95. The minimum absolute atomic E-state index is 0.306. The highest BCUT2D eigenvalue weighted by Gasteiger charge is 2.29. The Hall–Kier alpha value is -0.730. The van der Waals surface area contributed by atoms with Crippen molar-refractivity contribution < 1.29 is 9.53 Å². The summed E-state index contributed by atoms with van der Waals surface area (Å²) in [5, 5.41) is 2.22. The van der Waals surface area contributed by atoms with Crippen LogP contribution < -0.4 is 0 Å². The lowest BCUT2D eigenvalue weighted by Crippen LogP contribution is -2.20. The van der Waals surface area contributed by atoms with Gasteiger partial charge in [0.15, 0.2) is 6.04 Å². The van der Waals surface area contributed by atoms with Crippen molar-refractivity contribution in [2.75, 3.05) is 7.11 Å². The monoisotopic (exact) mass is 185 g/mol. The highest BCUT2D eigenvalue weighted by Crippen LogP contribution is 2.34. The molecule has 66 valence electrons. The molecule has 0 aromatic heterocycles. The SMILES string of the molecule is COC(=O)C(CC1CC1)N=C=S. The first-order chi connectivity index (χ1) is 5.77. The van der Waals surface area contributed by atoms with Crippen LogP contribution in [0.5, 0.6) is 0 Å². The average molecular weight is 185 g/mol. The highest BCUT2D eigenvalue weighted by molar-refractivity contribution is 7.78. The van der Waals surface area contributed by atoms with Gasteiger partial charge in [0.1, 0.15) is 0 Å². The normalized spacial score (nSPS) is 17.8. The molecular formula is C8H11NO2S. The number of rotatable bonds is 4. The second-order valence-electron chi connectivity index (χ2n) is 2.94. The van der Waals surface area contributed by atoms with E-state index in [0.717, 1.165) is 6.42 Å². The number of methoxy groups -OCH3 is 1. The first kappa shape index (κ1) is 9.36. The van der Waals surface area contributed by atoms with Crippen LogP contribution in [0, 0.1) is 5.92 Å². The topological polar surface area (TPSA) is 38.7 Å². The van der Waals surface area contributed by atoms with Gasteiger partial charge in [-0.25, -0.2) is 9.79 Å². The van der Waals surface area contributed by atoms with Crippen molar-refractivity contribution in [3.63, 3.8) is 0 Å². The molecular weight excluding hydrogens is 174 g/mol. The number of hydrogen-bond donors (Lipinski definition) is 0. The number of carbonyl (C=O) groups excluding carboxylic acids is 1. The number of isothiocyanates is 1. The Balaban J connectivity index is 2.46. The van der Waals surface area contributed by atoms with Gasteiger partial charge in [-0.3, -0.25) is 0 Å². The lowest BCUT2D eigenvalue weighted by molar-refractivity contribution is -0.142. The Morgan fingerprint density at radius 3 is 2.92 bits per heavy atom. The molecule has 0 amide bonds. The molecule has 12 heavy (non-hydrogen) atoms. The van der Waals surface area contributed by atoms with Gasteiger partial charge in [0.05, 0.1) is 12.3 Å². The molecule has 0 saturated heterocycles. The molecule has 1 saturated carbocycles. The van der Waals surface area contributed by atoms with Crippen LogP contribution in [0.2, 0.25) is 0 Å². The predicted octanol–water partition coefficient (Wildman–Crippen LogP) is 1.43. The Labute approximate surface area is 76.8 Å². The highest BCUT2D eigenvalue weighted by atomic mass is 32.1. The zero-order valence-corrected chi connectivity index (χ0v) is 7.76. The summed E-state index contributed by atoms with van der Waals surface area (Å²) in [6.07, 6.45) is 3.15. The number of aliphatic imine (C=N–C) groups is 1. The lowest BCUT2D eigenvalue weighted by atomic mass is 10.1. The molecule has 0 radical (unpaired) electrons. The van der Waals surface area contributed by atoms with E-state index in [4.69, 9.17) is 0 Å². The number of thiocarbonyl (C=S) groups is 1. The van der Waals surface area contributed by atoms with Gasteiger partial charge in [0.25, 0.3) is 0 Å². The molecule has 0 spiro atoms. The molecule has 4 heteroatoms. The van der Waals surface area contributed by atoms with E-state index >= 15 is 0 Å². The van der Waals surface area contributed by atoms with E-state index in [-0.39, 0.29) is 5.97 Å². The van der Waals surface area contributed by atoms with Gasteiger partial charge in [-0.05, 0) is 24.6 Å². The summed E-state index contributed by atoms with van der Waals surface area (Å²) in [6, 6.07) is -0.417. The average Bonchev–Trinajstić information content (AvgIpc) is 2.86. The molecule has 0 aromatic carbocycles. The fourth-order valence-corrected chi connectivity index (χ4v) is 1.20. The number of ether oxygens (including phenoxy) is 1. The van der Waals surface area contributed by atoms with Crippen LogP contribution in [0.15, 0.2) is 4.99 Å². The van der Waals surface area contributed by atoms with Gasteiger partial charge in [0.2, 0.25) is 0 Å². The summed E-state index contributed by atoms with van der Waals surface area (Å²) in [5.41, 5.74) is 0. The standard InChI is InChI=1S/C8H11NO2S/c1-11-8(10)7(9-5-12)4-6-2-3-6/h6-7H,2-4H2,1H3. The lowest BCUT2D eigenvalue weighted by Gasteiger charge is -2.06. The molecule has 0 aromatic rings. The third-order valence-electron chi connectivity index (χ3n) is 1.94. The molecule has 1 unspecified atom stereocenters. The maximum Gasteiger partial charge on any atom is 0.331 e. The van der Waals surface area contributed by atoms with Crippen LogP contribution in [0.4, 0.5) is 0 Å². The van der Waals surface area contributed by atoms with E-state index in [2.05, 4.69) is 27.1 Å². The number of carbonyl (C=O) groups is 1. The summed E-state index contributed by atoms with van der Waals surface area (Å²) in [6.45, 7) is 0. The van der Waals surface area contributed by atoms with Crippen molar-refractivity contribution in [2.24, 2.45) is 10.9 Å².